The second kappa shape index (κ2) is 5.30. The number of carbonyl (C=O) groups excluding carboxylic acids is 1. The Morgan fingerprint density at radius 1 is 1.24 bits per heavy atom. The number of hydrogen-bond donors (Lipinski definition) is 0. The Morgan fingerprint density at radius 3 is 2.65 bits per heavy atom. The van der Waals surface area contributed by atoms with Gasteiger partial charge in [0.05, 0.1) is 0 Å². The van der Waals surface area contributed by atoms with E-state index in [-0.39, 0.29) is 5.97 Å². The average Bonchev–Trinajstić information content (AvgIpc) is 2.40. The van der Waals surface area contributed by atoms with Crippen molar-refractivity contribution in [2.24, 2.45) is 0 Å². The van der Waals surface area contributed by atoms with Crippen LogP contribution in [-0.4, -0.2) is 5.97 Å². The maximum Gasteiger partial charge on any atom is 0.339 e. The topological polar surface area (TPSA) is 26.3 Å². The summed E-state index contributed by atoms with van der Waals surface area (Å²) in [5, 5.41) is 0. The highest BCUT2D eigenvalue weighted by Gasteiger charge is 2.13. The third-order valence-electron chi connectivity index (χ3n) is 2.59. The van der Waals surface area contributed by atoms with E-state index in [9.17, 15) is 4.79 Å². The van der Waals surface area contributed by atoms with E-state index in [1.165, 1.54) is 0 Å². The molecule has 1 aliphatic rings. The van der Waals surface area contributed by atoms with Gasteiger partial charge in [0.25, 0.3) is 0 Å². The highest BCUT2D eigenvalue weighted by Crippen LogP contribution is 2.18. The van der Waals surface area contributed by atoms with Crippen LogP contribution in [-0.2, 0) is 9.53 Å². The summed E-state index contributed by atoms with van der Waals surface area (Å²) in [4.78, 5) is 11.8. The molecule has 1 aliphatic carbocycles. The quantitative estimate of drug-likeness (QED) is 0.582. The Labute approximate surface area is 101 Å². The fourth-order valence-corrected chi connectivity index (χ4v) is 1.63. The molecular weight excluding hydrogens is 212 g/mol. The largest absolute Gasteiger partial charge is 0.423 e. The lowest BCUT2D eigenvalue weighted by Gasteiger charge is -2.10. The minimum absolute atomic E-state index is 0.303. The fraction of sp³-hybridized carbons (Fsp3) is 0.133. The van der Waals surface area contributed by atoms with Crippen molar-refractivity contribution < 1.29 is 9.53 Å². The summed E-state index contributed by atoms with van der Waals surface area (Å²) in [6, 6.07) is 9.41. The van der Waals surface area contributed by atoms with E-state index in [0.717, 1.165) is 18.4 Å². The van der Waals surface area contributed by atoms with Crippen molar-refractivity contribution in [2.45, 2.75) is 12.8 Å². The van der Waals surface area contributed by atoms with E-state index < -0.39 is 0 Å². The van der Waals surface area contributed by atoms with Crippen molar-refractivity contribution in [1.82, 2.24) is 0 Å². The van der Waals surface area contributed by atoms with Gasteiger partial charge in [0.1, 0.15) is 5.76 Å². The Hall–Kier alpha value is -2.09. The van der Waals surface area contributed by atoms with E-state index in [2.05, 4.69) is 6.58 Å². The molecule has 2 rings (SSSR count). The van der Waals surface area contributed by atoms with E-state index >= 15 is 0 Å². The molecule has 1 aromatic carbocycles. The zero-order chi connectivity index (χ0) is 12.1. The van der Waals surface area contributed by atoms with Crippen LogP contribution in [0.2, 0.25) is 0 Å². The molecule has 0 radical (unpaired) electrons. The Morgan fingerprint density at radius 2 is 2.00 bits per heavy atom. The molecule has 0 unspecified atom stereocenters. The molecule has 2 heteroatoms. The van der Waals surface area contributed by atoms with Crippen LogP contribution in [0.4, 0.5) is 0 Å². The molecule has 0 bridgehead atoms. The molecule has 0 aliphatic heterocycles. The molecule has 86 valence electrons. The van der Waals surface area contributed by atoms with Gasteiger partial charge in [-0.15, -0.1) is 0 Å². The smallest absolute Gasteiger partial charge is 0.339 e. The van der Waals surface area contributed by atoms with Crippen molar-refractivity contribution in [3.63, 3.8) is 0 Å². The summed E-state index contributed by atoms with van der Waals surface area (Å²) in [5.74, 6) is 0.0919. The first-order valence-corrected chi connectivity index (χ1v) is 5.59. The van der Waals surface area contributed by atoms with Gasteiger partial charge in [0.15, 0.2) is 0 Å². The van der Waals surface area contributed by atoms with Crippen LogP contribution in [0.5, 0.6) is 0 Å². The molecule has 0 spiro atoms. The summed E-state index contributed by atoms with van der Waals surface area (Å²) >= 11 is 0. The molecule has 0 saturated heterocycles. The average molecular weight is 226 g/mol. The standard InChI is InChI=1S/C15H14O2/c1-12(13-8-4-2-5-9-13)17-15(16)14-10-6-3-7-11-14/h2-6,8-10H,1,7,11H2. The molecule has 1 aromatic rings. The predicted octanol–water partition coefficient (Wildman–Crippen LogP) is 3.48. The number of carbonyl (C=O) groups is 1. The molecule has 17 heavy (non-hydrogen) atoms. The Kier molecular flexibility index (Phi) is 3.55. The highest BCUT2D eigenvalue weighted by atomic mass is 16.5. The predicted molar refractivity (Wildman–Crippen MR) is 68.0 cm³/mol. The number of allylic oxidation sites excluding steroid dienone is 3. The van der Waals surface area contributed by atoms with Gasteiger partial charge in [-0.2, -0.15) is 0 Å². The first kappa shape index (κ1) is 11.4. The second-order valence-electron chi connectivity index (χ2n) is 3.84. The second-order valence-corrected chi connectivity index (χ2v) is 3.84. The molecule has 0 heterocycles. The number of ether oxygens (including phenoxy) is 1. The molecule has 0 N–H and O–H groups in total. The number of benzene rings is 1. The first-order chi connectivity index (χ1) is 8.27. The van der Waals surface area contributed by atoms with Gasteiger partial charge in [0.2, 0.25) is 0 Å². The molecule has 0 aromatic heterocycles. The summed E-state index contributed by atoms with van der Waals surface area (Å²) in [7, 11) is 0. The van der Waals surface area contributed by atoms with Crippen LogP contribution >= 0.6 is 0 Å². The molecule has 0 fully saturated rings. The summed E-state index contributed by atoms with van der Waals surface area (Å²) in [5.41, 5.74) is 1.53. The number of esters is 1. The minimum atomic E-state index is -0.303. The zero-order valence-electron chi connectivity index (χ0n) is 9.56. The lowest BCUT2D eigenvalue weighted by atomic mass is 10.1. The van der Waals surface area contributed by atoms with E-state index in [1.54, 1.807) is 6.08 Å². The van der Waals surface area contributed by atoms with Gasteiger partial charge in [-0.1, -0.05) is 55.1 Å². The minimum Gasteiger partial charge on any atom is -0.423 e. The number of rotatable bonds is 3. The van der Waals surface area contributed by atoms with Gasteiger partial charge in [0, 0.05) is 11.1 Å². The first-order valence-electron chi connectivity index (χ1n) is 5.59. The lowest BCUT2D eigenvalue weighted by molar-refractivity contribution is -0.132. The summed E-state index contributed by atoms with van der Waals surface area (Å²) < 4.78 is 5.24. The van der Waals surface area contributed by atoms with E-state index in [1.807, 2.05) is 42.5 Å². The van der Waals surface area contributed by atoms with Crippen LogP contribution < -0.4 is 0 Å². The van der Waals surface area contributed by atoms with Crippen LogP contribution in [0, 0.1) is 0 Å². The van der Waals surface area contributed by atoms with Crippen LogP contribution in [0.1, 0.15) is 18.4 Å². The van der Waals surface area contributed by atoms with E-state index in [4.69, 9.17) is 4.74 Å². The van der Waals surface area contributed by atoms with Crippen molar-refractivity contribution in [1.29, 1.82) is 0 Å². The monoisotopic (exact) mass is 226 g/mol. The molecular formula is C15H14O2. The van der Waals surface area contributed by atoms with Crippen LogP contribution in [0.25, 0.3) is 5.76 Å². The van der Waals surface area contributed by atoms with Crippen molar-refractivity contribution in [2.75, 3.05) is 0 Å². The van der Waals surface area contributed by atoms with Crippen molar-refractivity contribution >= 4 is 11.7 Å². The van der Waals surface area contributed by atoms with Crippen LogP contribution in [0.3, 0.4) is 0 Å². The highest BCUT2D eigenvalue weighted by molar-refractivity contribution is 5.92. The third kappa shape index (κ3) is 2.94. The molecule has 0 atom stereocenters. The van der Waals surface area contributed by atoms with Gasteiger partial charge >= 0.3 is 5.97 Å². The number of hydrogen-bond acceptors (Lipinski definition) is 2. The lowest BCUT2D eigenvalue weighted by Crippen LogP contribution is -2.08. The summed E-state index contributed by atoms with van der Waals surface area (Å²) in [6.45, 7) is 3.77. The van der Waals surface area contributed by atoms with Crippen molar-refractivity contribution in [3.8, 4) is 0 Å². The van der Waals surface area contributed by atoms with Gasteiger partial charge in [-0.05, 0) is 12.8 Å². The van der Waals surface area contributed by atoms with Gasteiger partial charge in [-0.25, -0.2) is 4.79 Å². The maximum absolute atomic E-state index is 11.8. The zero-order valence-corrected chi connectivity index (χ0v) is 9.56. The normalized spacial score (nSPS) is 14.0. The Bertz CT molecular complexity index is 481. The molecule has 0 saturated carbocycles. The Balaban J connectivity index is 2.02. The summed E-state index contributed by atoms with van der Waals surface area (Å²) in [6.07, 6.45) is 7.33. The fourth-order valence-electron chi connectivity index (χ4n) is 1.63. The molecule has 0 amide bonds. The van der Waals surface area contributed by atoms with Gasteiger partial charge < -0.3 is 4.74 Å². The van der Waals surface area contributed by atoms with Crippen LogP contribution in [0.15, 0.2) is 60.7 Å². The maximum atomic E-state index is 11.8. The van der Waals surface area contributed by atoms with Gasteiger partial charge in [-0.3, -0.25) is 0 Å². The van der Waals surface area contributed by atoms with E-state index in [0.29, 0.717) is 11.3 Å². The van der Waals surface area contributed by atoms with Crippen molar-refractivity contribution in [3.05, 3.63) is 66.3 Å². The SMILES string of the molecule is C=C(OC(=O)C1=CC=CCC1)c1ccccc1. The third-order valence-corrected chi connectivity index (χ3v) is 2.59. The molecule has 2 nitrogen and oxygen atoms in total.